The van der Waals surface area contributed by atoms with Crippen molar-refractivity contribution in [3.63, 3.8) is 0 Å². The maximum Gasteiger partial charge on any atom is 0.501 e. The standard InChI is InChI=1S/C42H83NO3Si/c1-9-12-15-18-21-25-30-35-40(4)44-47(39-34-29-24-28-33-38-43(7)8,45-41(5)36-31-26-22-19-16-13-10-2)46-42(6)37-32-27-23-20-17-14-11-3/h21-23,25-27,40-42H,9-20,24,28-39H2,1-8H3/b25-21-,26-22-,27-23-. The van der Waals surface area contributed by atoms with Crippen molar-refractivity contribution in [2.75, 3.05) is 20.6 Å². The fraction of sp³-hybridized carbons (Fsp3) is 0.857. The molecule has 0 saturated heterocycles. The van der Waals surface area contributed by atoms with Gasteiger partial charge in [0.25, 0.3) is 0 Å². The zero-order chi connectivity index (χ0) is 34.9. The van der Waals surface area contributed by atoms with Crippen LogP contribution in [0.15, 0.2) is 36.5 Å². The minimum atomic E-state index is -2.91. The van der Waals surface area contributed by atoms with Gasteiger partial charge in [-0.05, 0) is 131 Å². The molecule has 0 aliphatic heterocycles. The number of hydrogen-bond donors (Lipinski definition) is 0. The van der Waals surface area contributed by atoms with E-state index in [0.29, 0.717) is 0 Å². The van der Waals surface area contributed by atoms with Crippen LogP contribution >= 0.6 is 0 Å². The second kappa shape index (κ2) is 33.8. The van der Waals surface area contributed by atoms with Gasteiger partial charge >= 0.3 is 8.80 Å². The highest BCUT2D eigenvalue weighted by atomic mass is 28.4. The molecule has 0 radical (unpaired) electrons. The summed E-state index contributed by atoms with van der Waals surface area (Å²) in [4.78, 5) is 2.29. The Kier molecular flexibility index (Phi) is 33.2. The number of rotatable bonds is 35. The van der Waals surface area contributed by atoms with Crippen molar-refractivity contribution in [3.8, 4) is 0 Å². The molecule has 0 aliphatic rings. The fourth-order valence-corrected chi connectivity index (χ4v) is 9.29. The van der Waals surface area contributed by atoms with E-state index >= 15 is 0 Å². The van der Waals surface area contributed by atoms with Crippen LogP contribution in [0.4, 0.5) is 0 Å². The predicted molar refractivity (Wildman–Crippen MR) is 211 cm³/mol. The Morgan fingerprint density at radius 1 is 0.447 bits per heavy atom. The lowest BCUT2D eigenvalue weighted by atomic mass is 10.1. The lowest BCUT2D eigenvalue weighted by molar-refractivity contribution is -0.0134. The van der Waals surface area contributed by atoms with Gasteiger partial charge in [-0.3, -0.25) is 0 Å². The van der Waals surface area contributed by atoms with Gasteiger partial charge in [0, 0.05) is 24.4 Å². The van der Waals surface area contributed by atoms with Gasteiger partial charge in [-0.1, -0.05) is 115 Å². The summed E-state index contributed by atoms with van der Waals surface area (Å²) in [5, 5.41) is 0. The van der Waals surface area contributed by atoms with E-state index in [-0.39, 0.29) is 18.3 Å². The van der Waals surface area contributed by atoms with E-state index in [9.17, 15) is 0 Å². The maximum atomic E-state index is 7.05. The molecule has 278 valence electrons. The van der Waals surface area contributed by atoms with Gasteiger partial charge in [-0.2, -0.15) is 0 Å². The van der Waals surface area contributed by atoms with Crippen LogP contribution in [0, 0.1) is 0 Å². The molecule has 0 aliphatic carbocycles. The molecule has 0 heterocycles. The van der Waals surface area contributed by atoms with Gasteiger partial charge in [0.15, 0.2) is 0 Å². The van der Waals surface area contributed by atoms with E-state index in [2.05, 4.69) is 97.0 Å². The van der Waals surface area contributed by atoms with Crippen LogP contribution in [0.1, 0.15) is 189 Å². The normalized spacial score (nSPS) is 15.8. The Morgan fingerprint density at radius 2 is 0.787 bits per heavy atom. The first kappa shape index (κ1) is 46.3. The van der Waals surface area contributed by atoms with E-state index in [0.717, 1.165) is 51.0 Å². The zero-order valence-corrected chi connectivity index (χ0v) is 34.0. The first-order valence-corrected chi connectivity index (χ1v) is 22.3. The van der Waals surface area contributed by atoms with E-state index in [1.807, 2.05) is 0 Å². The highest BCUT2D eigenvalue weighted by Crippen LogP contribution is 2.28. The Hall–Kier alpha value is -0.723. The van der Waals surface area contributed by atoms with Gasteiger partial charge in [0.2, 0.25) is 0 Å². The monoisotopic (exact) mass is 678 g/mol. The third-order valence-electron chi connectivity index (χ3n) is 8.87. The third-order valence-corrected chi connectivity index (χ3v) is 12.1. The second-order valence-electron chi connectivity index (χ2n) is 14.4. The summed E-state index contributed by atoms with van der Waals surface area (Å²) in [6.07, 6.45) is 42.2. The van der Waals surface area contributed by atoms with E-state index < -0.39 is 8.80 Å². The Labute approximate surface area is 296 Å². The molecule has 0 amide bonds. The molecule has 4 nitrogen and oxygen atoms in total. The molecular weight excluding hydrogens is 595 g/mol. The van der Waals surface area contributed by atoms with E-state index in [1.54, 1.807) is 0 Å². The Morgan fingerprint density at radius 3 is 1.15 bits per heavy atom. The number of unbranched alkanes of at least 4 members (excludes halogenated alkanes) is 13. The van der Waals surface area contributed by atoms with Crippen molar-refractivity contribution in [2.24, 2.45) is 0 Å². The van der Waals surface area contributed by atoms with Gasteiger partial charge in [-0.25, -0.2) is 0 Å². The summed E-state index contributed by atoms with van der Waals surface area (Å²) in [6, 6.07) is 0.923. The summed E-state index contributed by atoms with van der Waals surface area (Å²) < 4.78 is 21.1. The Balaban J connectivity index is 5.55. The fourth-order valence-electron chi connectivity index (χ4n) is 5.89. The first-order chi connectivity index (χ1) is 22.8. The van der Waals surface area contributed by atoms with Crippen LogP contribution in [0.3, 0.4) is 0 Å². The van der Waals surface area contributed by atoms with E-state index in [1.165, 1.54) is 109 Å². The first-order valence-electron chi connectivity index (χ1n) is 20.4. The molecule has 0 bridgehead atoms. The molecule has 3 unspecified atom stereocenters. The predicted octanol–water partition coefficient (Wildman–Crippen LogP) is 13.4. The molecule has 0 aromatic heterocycles. The van der Waals surface area contributed by atoms with Crippen LogP contribution in [-0.2, 0) is 13.3 Å². The van der Waals surface area contributed by atoms with E-state index in [4.69, 9.17) is 13.3 Å². The smallest absolute Gasteiger partial charge is 0.371 e. The highest BCUT2D eigenvalue weighted by Gasteiger charge is 2.45. The van der Waals surface area contributed by atoms with Crippen molar-refractivity contribution in [1.82, 2.24) is 4.90 Å². The molecule has 0 rings (SSSR count). The van der Waals surface area contributed by atoms with Crippen molar-refractivity contribution in [1.29, 1.82) is 0 Å². The van der Waals surface area contributed by atoms with Crippen LogP contribution in [0.2, 0.25) is 6.04 Å². The van der Waals surface area contributed by atoms with Crippen LogP contribution in [0.5, 0.6) is 0 Å². The highest BCUT2D eigenvalue weighted by molar-refractivity contribution is 6.60. The summed E-state index contributed by atoms with van der Waals surface area (Å²) in [5.74, 6) is 0. The SMILES string of the molecule is CCCCC/C=C\CCC(C)O[Si](CCCCCCCN(C)C)(OC(C)CC/C=C\CCCCC)OC(C)CC/C=C\CCCCC. The molecule has 0 spiro atoms. The second-order valence-corrected chi connectivity index (χ2v) is 17.0. The third kappa shape index (κ3) is 31.0. The molecule has 5 heteroatoms. The van der Waals surface area contributed by atoms with Crippen molar-refractivity contribution < 1.29 is 13.3 Å². The largest absolute Gasteiger partial charge is 0.501 e. The molecular formula is C42H83NO3Si. The van der Waals surface area contributed by atoms with Crippen molar-refractivity contribution in [2.45, 2.75) is 214 Å². The zero-order valence-electron chi connectivity index (χ0n) is 33.0. The average Bonchev–Trinajstić information content (AvgIpc) is 3.02. The molecule has 47 heavy (non-hydrogen) atoms. The topological polar surface area (TPSA) is 30.9 Å². The number of hydrogen-bond acceptors (Lipinski definition) is 4. The van der Waals surface area contributed by atoms with Gasteiger partial charge in [0.05, 0.1) is 0 Å². The molecule has 0 saturated carbocycles. The van der Waals surface area contributed by atoms with Crippen molar-refractivity contribution in [3.05, 3.63) is 36.5 Å². The molecule has 3 atom stereocenters. The minimum absolute atomic E-state index is 0.123. The van der Waals surface area contributed by atoms with Gasteiger partial charge in [-0.15, -0.1) is 0 Å². The van der Waals surface area contributed by atoms with Gasteiger partial charge in [0.1, 0.15) is 0 Å². The maximum absolute atomic E-state index is 7.05. The molecule has 0 fully saturated rings. The van der Waals surface area contributed by atoms with Crippen molar-refractivity contribution >= 4 is 8.80 Å². The molecule has 0 aromatic carbocycles. The Bertz CT molecular complexity index is 659. The summed E-state index contributed by atoms with van der Waals surface area (Å²) in [7, 11) is 1.43. The quantitative estimate of drug-likeness (QED) is 0.0379. The summed E-state index contributed by atoms with van der Waals surface area (Å²) >= 11 is 0. The minimum Gasteiger partial charge on any atom is -0.371 e. The van der Waals surface area contributed by atoms with Crippen LogP contribution in [0.25, 0.3) is 0 Å². The molecule has 0 N–H and O–H groups in total. The lowest BCUT2D eigenvalue weighted by Gasteiger charge is -2.37. The van der Waals surface area contributed by atoms with Crippen LogP contribution < -0.4 is 0 Å². The summed E-state index contributed by atoms with van der Waals surface area (Å²) in [5.41, 5.74) is 0. The molecule has 0 aromatic rings. The summed E-state index contributed by atoms with van der Waals surface area (Å²) in [6.45, 7) is 14.7. The van der Waals surface area contributed by atoms with Gasteiger partial charge < -0.3 is 18.2 Å². The number of nitrogens with zero attached hydrogens (tertiary/aromatic N) is 1. The lowest BCUT2D eigenvalue weighted by Crippen LogP contribution is -2.51. The van der Waals surface area contributed by atoms with Crippen LogP contribution in [-0.4, -0.2) is 52.7 Å². The average molecular weight is 678 g/mol. The number of allylic oxidation sites excluding steroid dienone is 6.